The van der Waals surface area contributed by atoms with Crippen LogP contribution in [0.5, 0.6) is 0 Å². The van der Waals surface area contributed by atoms with E-state index < -0.39 is 0 Å². The van der Waals surface area contributed by atoms with E-state index in [-0.39, 0.29) is 0 Å². The lowest BCUT2D eigenvalue weighted by atomic mass is 10.1. The van der Waals surface area contributed by atoms with Gasteiger partial charge in [0.2, 0.25) is 0 Å². The van der Waals surface area contributed by atoms with E-state index in [4.69, 9.17) is 0 Å². The maximum atomic E-state index is 4.28. The van der Waals surface area contributed by atoms with Crippen LogP contribution < -0.4 is 5.32 Å². The maximum absolute atomic E-state index is 4.28. The van der Waals surface area contributed by atoms with Gasteiger partial charge in [0.15, 0.2) is 0 Å². The lowest BCUT2D eigenvalue weighted by Gasteiger charge is -2.10. The third-order valence-corrected chi connectivity index (χ3v) is 3.18. The summed E-state index contributed by atoms with van der Waals surface area (Å²) < 4.78 is 2.09. The van der Waals surface area contributed by atoms with Crippen molar-refractivity contribution >= 4 is 0 Å². The van der Waals surface area contributed by atoms with Gasteiger partial charge in [-0.15, -0.1) is 0 Å². The van der Waals surface area contributed by atoms with Gasteiger partial charge in [0.05, 0.1) is 18.2 Å². The number of hydrogen-bond donors (Lipinski definition) is 1. The Balaban J connectivity index is 2.04. The van der Waals surface area contributed by atoms with Gasteiger partial charge in [-0.05, 0) is 36.9 Å². The van der Waals surface area contributed by atoms with Crippen LogP contribution in [0.1, 0.15) is 5.56 Å². The molecule has 0 bridgehead atoms. The molecule has 100 valence electrons. The second-order valence-corrected chi connectivity index (χ2v) is 4.59. The van der Waals surface area contributed by atoms with Crippen molar-refractivity contribution < 1.29 is 0 Å². The van der Waals surface area contributed by atoms with Crippen LogP contribution in [0.3, 0.4) is 0 Å². The van der Waals surface area contributed by atoms with Crippen molar-refractivity contribution in [2.45, 2.75) is 6.54 Å². The van der Waals surface area contributed by atoms with Crippen molar-refractivity contribution in [2.75, 3.05) is 7.05 Å². The number of nitrogens with one attached hydrogen (secondary N) is 1. The number of pyridine rings is 1. The van der Waals surface area contributed by atoms with Crippen molar-refractivity contribution in [3.63, 3.8) is 0 Å². The number of hydrogen-bond acceptors (Lipinski definition) is 3. The zero-order valence-electron chi connectivity index (χ0n) is 11.3. The van der Waals surface area contributed by atoms with Gasteiger partial charge in [-0.1, -0.05) is 12.1 Å². The second kappa shape index (κ2) is 5.67. The summed E-state index contributed by atoms with van der Waals surface area (Å²) in [4.78, 5) is 8.34. The first kappa shape index (κ1) is 12.6. The molecule has 0 aliphatic carbocycles. The minimum atomic E-state index is 0.854. The molecule has 4 heteroatoms. The van der Waals surface area contributed by atoms with Crippen LogP contribution in [0.4, 0.5) is 0 Å². The third kappa shape index (κ3) is 2.46. The molecular weight excluding hydrogens is 248 g/mol. The fourth-order valence-corrected chi connectivity index (χ4v) is 2.26. The van der Waals surface area contributed by atoms with Crippen LogP contribution in [-0.2, 0) is 6.54 Å². The van der Waals surface area contributed by atoms with Crippen LogP contribution in [-0.4, -0.2) is 21.6 Å². The highest BCUT2D eigenvalue weighted by Gasteiger charge is 2.07. The molecule has 2 heterocycles. The average Bonchev–Trinajstić information content (AvgIpc) is 2.98. The third-order valence-electron chi connectivity index (χ3n) is 3.18. The first-order valence-electron chi connectivity index (χ1n) is 6.55. The smallest absolute Gasteiger partial charge is 0.0997 e. The van der Waals surface area contributed by atoms with Crippen LogP contribution in [0, 0.1) is 0 Å². The molecule has 0 fully saturated rings. The van der Waals surface area contributed by atoms with E-state index in [2.05, 4.69) is 44.1 Å². The topological polar surface area (TPSA) is 42.7 Å². The Hall–Kier alpha value is -2.46. The first-order valence-corrected chi connectivity index (χ1v) is 6.55. The molecule has 2 aromatic heterocycles. The van der Waals surface area contributed by atoms with Crippen LogP contribution in [0.15, 0.2) is 61.3 Å². The predicted octanol–water partition coefficient (Wildman–Crippen LogP) is 2.65. The molecular formula is C16H16N4. The first-order chi connectivity index (χ1) is 9.88. The Labute approximate surface area is 118 Å². The van der Waals surface area contributed by atoms with Gasteiger partial charge in [-0.2, -0.15) is 0 Å². The van der Waals surface area contributed by atoms with Crippen molar-refractivity contribution in [3.8, 4) is 16.9 Å². The number of imidazole rings is 1. The maximum Gasteiger partial charge on any atom is 0.0997 e. The number of aromatic nitrogens is 3. The summed E-state index contributed by atoms with van der Waals surface area (Å²) in [5, 5.41) is 3.17. The van der Waals surface area contributed by atoms with Crippen molar-refractivity contribution in [1.29, 1.82) is 0 Å². The van der Waals surface area contributed by atoms with Crippen LogP contribution in [0.2, 0.25) is 0 Å². The summed E-state index contributed by atoms with van der Waals surface area (Å²) in [6.45, 7) is 0.854. The van der Waals surface area contributed by atoms with Gasteiger partial charge in [0.1, 0.15) is 0 Å². The molecule has 0 unspecified atom stereocenters. The van der Waals surface area contributed by atoms with Crippen LogP contribution >= 0.6 is 0 Å². The quantitative estimate of drug-likeness (QED) is 0.787. The Bertz CT molecular complexity index is 688. The van der Waals surface area contributed by atoms with E-state index in [1.807, 2.05) is 31.7 Å². The highest BCUT2D eigenvalue weighted by molar-refractivity contribution is 5.61. The highest BCUT2D eigenvalue weighted by atomic mass is 15.0. The van der Waals surface area contributed by atoms with Crippen molar-refractivity contribution in [2.24, 2.45) is 0 Å². The molecule has 3 rings (SSSR count). The molecule has 4 nitrogen and oxygen atoms in total. The van der Waals surface area contributed by atoms with Gasteiger partial charge in [-0.3, -0.25) is 9.55 Å². The van der Waals surface area contributed by atoms with E-state index >= 15 is 0 Å². The summed E-state index contributed by atoms with van der Waals surface area (Å²) in [7, 11) is 1.95. The zero-order chi connectivity index (χ0) is 13.8. The molecule has 1 aromatic carbocycles. The standard InChI is InChI=1S/C16H16N4/c1-17-10-13-3-2-4-15(9-13)20-12-19-11-16(20)14-5-7-18-8-6-14/h2-9,11-12,17H,10H2,1H3. The van der Waals surface area contributed by atoms with Crippen LogP contribution in [0.25, 0.3) is 16.9 Å². The van der Waals surface area contributed by atoms with Crippen molar-refractivity contribution in [1.82, 2.24) is 19.9 Å². The lowest BCUT2D eigenvalue weighted by Crippen LogP contribution is -2.05. The molecule has 3 aromatic rings. The largest absolute Gasteiger partial charge is 0.316 e. The summed E-state index contributed by atoms with van der Waals surface area (Å²) >= 11 is 0. The molecule has 0 aliphatic heterocycles. The SMILES string of the molecule is CNCc1cccc(-n2cncc2-c2ccncc2)c1. The number of rotatable bonds is 4. The molecule has 0 radical (unpaired) electrons. The minimum Gasteiger partial charge on any atom is -0.316 e. The molecule has 0 spiro atoms. The van der Waals surface area contributed by atoms with Gasteiger partial charge in [0.25, 0.3) is 0 Å². The lowest BCUT2D eigenvalue weighted by molar-refractivity contribution is 0.816. The van der Waals surface area contributed by atoms with Gasteiger partial charge < -0.3 is 5.32 Å². The highest BCUT2D eigenvalue weighted by Crippen LogP contribution is 2.22. The average molecular weight is 264 g/mol. The van der Waals surface area contributed by atoms with E-state index in [9.17, 15) is 0 Å². The molecule has 0 aliphatic rings. The normalized spacial score (nSPS) is 10.7. The van der Waals surface area contributed by atoms with Gasteiger partial charge in [-0.25, -0.2) is 4.98 Å². The molecule has 0 amide bonds. The van der Waals surface area contributed by atoms with E-state index in [0.717, 1.165) is 23.5 Å². The van der Waals surface area contributed by atoms with E-state index in [1.165, 1.54) is 5.56 Å². The molecule has 20 heavy (non-hydrogen) atoms. The summed E-state index contributed by atoms with van der Waals surface area (Å²) in [6.07, 6.45) is 7.31. The van der Waals surface area contributed by atoms with Gasteiger partial charge in [0, 0.05) is 30.2 Å². The molecule has 0 saturated heterocycles. The van der Waals surface area contributed by atoms with Gasteiger partial charge >= 0.3 is 0 Å². The second-order valence-electron chi connectivity index (χ2n) is 4.59. The van der Waals surface area contributed by atoms with Crippen molar-refractivity contribution in [3.05, 3.63) is 66.9 Å². The Morgan fingerprint density at radius 3 is 2.75 bits per heavy atom. The fourth-order valence-electron chi connectivity index (χ4n) is 2.26. The zero-order valence-corrected chi connectivity index (χ0v) is 11.3. The Morgan fingerprint density at radius 1 is 1.10 bits per heavy atom. The monoisotopic (exact) mass is 264 g/mol. The Kier molecular flexibility index (Phi) is 3.56. The predicted molar refractivity (Wildman–Crippen MR) is 79.6 cm³/mol. The number of benzene rings is 1. The van der Waals surface area contributed by atoms with E-state index in [0.29, 0.717) is 0 Å². The van der Waals surface area contributed by atoms with E-state index in [1.54, 1.807) is 12.4 Å². The molecule has 0 saturated carbocycles. The molecule has 1 N–H and O–H groups in total. The summed E-state index contributed by atoms with van der Waals surface area (Å²) in [5.74, 6) is 0. The fraction of sp³-hybridized carbons (Fsp3) is 0.125. The Morgan fingerprint density at radius 2 is 1.95 bits per heavy atom. The minimum absolute atomic E-state index is 0.854. The number of nitrogens with zero attached hydrogens (tertiary/aromatic N) is 3. The molecule has 0 atom stereocenters. The summed E-state index contributed by atoms with van der Waals surface area (Å²) in [6, 6.07) is 12.4. The summed E-state index contributed by atoms with van der Waals surface area (Å²) in [5.41, 5.74) is 4.53.